The quantitative estimate of drug-likeness (QED) is 0.630. The third-order valence-corrected chi connectivity index (χ3v) is 2.61. The Morgan fingerprint density at radius 2 is 2.07 bits per heavy atom. The van der Waals surface area contributed by atoms with Crippen LogP contribution in [0.15, 0.2) is 24.3 Å². The number of hydrogen-bond acceptors (Lipinski definition) is 1. The molecule has 0 spiro atoms. The van der Waals surface area contributed by atoms with Crippen molar-refractivity contribution in [3.63, 3.8) is 0 Å². The Morgan fingerprint density at radius 1 is 1.40 bits per heavy atom. The molecule has 0 bridgehead atoms. The Morgan fingerprint density at radius 3 is 2.67 bits per heavy atom. The molecule has 0 aliphatic heterocycles. The van der Waals surface area contributed by atoms with Gasteiger partial charge in [0.15, 0.2) is 0 Å². The van der Waals surface area contributed by atoms with Crippen LogP contribution in [0.2, 0.25) is 0 Å². The Bertz CT molecular complexity index is 634. The van der Waals surface area contributed by atoms with Crippen molar-refractivity contribution in [2.75, 3.05) is 0 Å². The zero-order valence-corrected chi connectivity index (χ0v) is 8.95. The van der Waals surface area contributed by atoms with E-state index in [9.17, 15) is 4.79 Å². The van der Waals surface area contributed by atoms with Gasteiger partial charge in [-0.3, -0.25) is 9.36 Å². The Kier molecular flexibility index (Phi) is 2.19. The molecule has 0 unspecified atom stereocenters. The van der Waals surface area contributed by atoms with Gasteiger partial charge in [0.05, 0.1) is 10.9 Å². The highest BCUT2D eigenvalue weighted by Gasteiger charge is 2.07. The van der Waals surface area contributed by atoms with Gasteiger partial charge >= 0.3 is 0 Å². The summed E-state index contributed by atoms with van der Waals surface area (Å²) >= 11 is 0. The molecule has 2 nitrogen and oxygen atoms in total. The lowest BCUT2D eigenvalue weighted by molar-refractivity contribution is 0.0938. The third kappa shape index (κ3) is 1.30. The van der Waals surface area contributed by atoms with Crippen molar-refractivity contribution >= 4 is 29.5 Å². The van der Waals surface area contributed by atoms with Gasteiger partial charge in [-0.1, -0.05) is 30.9 Å². The first kappa shape index (κ1) is 9.71. The number of carbonyl (C=O) groups is 1. The molecule has 1 heterocycles. The molecule has 1 aromatic carbocycles. The van der Waals surface area contributed by atoms with E-state index in [1.54, 1.807) is 11.5 Å². The Hall–Kier alpha value is -1.83. The molecule has 76 valence electrons. The van der Waals surface area contributed by atoms with Crippen LogP contribution >= 0.6 is 0 Å². The zero-order valence-electron chi connectivity index (χ0n) is 8.95. The van der Waals surface area contributed by atoms with Crippen molar-refractivity contribution in [2.45, 2.75) is 13.8 Å². The number of benzene rings is 1. The number of aromatic nitrogens is 1. The van der Waals surface area contributed by atoms with Crippen LogP contribution in [-0.4, -0.2) is 10.5 Å². The van der Waals surface area contributed by atoms with E-state index in [1.165, 1.54) is 0 Å². The van der Waals surface area contributed by atoms with E-state index in [2.05, 4.69) is 6.58 Å². The number of para-hydroxylation sites is 1. The van der Waals surface area contributed by atoms with Gasteiger partial charge in [-0.05, 0) is 13.0 Å². The predicted molar refractivity (Wildman–Crippen MR) is 63.1 cm³/mol. The van der Waals surface area contributed by atoms with E-state index < -0.39 is 0 Å². The van der Waals surface area contributed by atoms with E-state index >= 15 is 0 Å². The average molecular weight is 199 g/mol. The fourth-order valence-corrected chi connectivity index (χ4v) is 1.97. The van der Waals surface area contributed by atoms with Gasteiger partial charge in [0.1, 0.15) is 0 Å². The Balaban J connectivity index is 3.13. The second-order valence-electron chi connectivity index (χ2n) is 3.52. The minimum atomic E-state index is 0.0224. The van der Waals surface area contributed by atoms with E-state index in [1.807, 2.05) is 37.3 Å². The first-order valence-electron chi connectivity index (χ1n) is 4.92. The minimum Gasteiger partial charge on any atom is -0.280 e. The molecule has 2 heteroatoms. The molecule has 0 atom stereocenters. The maximum absolute atomic E-state index is 11.6. The highest BCUT2D eigenvalue weighted by molar-refractivity contribution is 5.92. The van der Waals surface area contributed by atoms with Crippen LogP contribution in [0.4, 0.5) is 0 Å². The second kappa shape index (κ2) is 3.39. The van der Waals surface area contributed by atoms with Crippen molar-refractivity contribution in [1.29, 1.82) is 0 Å². The predicted octanol–water partition coefficient (Wildman–Crippen LogP) is 1.51. The Labute approximate surface area is 88.1 Å². The normalized spacial score (nSPS) is 12.3. The van der Waals surface area contributed by atoms with Gasteiger partial charge < -0.3 is 0 Å². The standard InChI is InChI=1S/C13H13NO/c1-4-12-9(2)11-7-5-6-8-13(11)14(12)10(3)15/h4-8H,2H2,1,3H3/b12-4-. The van der Waals surface area contributed by atoms with Crippen LogP contribution in [0, 0.1) is 0 Å². The summed E-state index contributed by atoms with van der Waals surface area (Å²) < 4.78 is 1.71. The summed E-state index contributed by atoms with van der Waals surface area (Å²) in [5.74, 6) is 0.0224. The van der Waals surface area contributed by atoms with Crippen molar-refractivity contribution in [1.82, 2.24) is 4.57 Å². The van der Waals surface area contributed by atoms with E-state index in [0.29, 0.717) is 0 Å². The largest absolute Gasteiger partial charge is 0.280 e. The molecule has 2 rings (SSSR count). The molecule has 2 aromatic rings. The van der Waals surface area contributed by atoms with Crippen LogP contribution in [0.3, 0.4) is 0 Å². The van der Waals surface area contributed by atoms with Crippen LogP contribution in [0.5, 0.6) is 0 Å². The third-order valence-electron chi connectivity index (χ3n) is 2.61. The molecule has 0 aliphatic rings. The minimum absolute atomic E-state index is 0.0224. The topological polar surface area (TPSA) is 22.0 Å². The zero-order chi connectivity index (χ0) is 11.0. The van der Waals surface area contributed by atoms with Gasteiger partial charge in [-0.25, -0.2) is 0 Å². The summed E-state index contributed by atoms with van der Waals surface area (Å²) in [6.45, 7) is 7.51. The van der Waals surface area contributed by atoms with Gasteiger partial charge in [0.25, 0.3) is 0 Å². The molecular formula is C13H13NO. The van der Waals surface area contributed by atoms with Gasteiger partial charge in [-0.15, -0.1) is 0 Å². The first-order chi connectivity index (χ1) is 7.16. The molecule has 0 saturated carbocycles. The molecule has 0 saturated heterocycles. The summed E-state index contributed by atoms with van der Waals surface area (Å²) in [4.78, 5) is 11.6. The highest BCUT2D eigenvalue weighted by atomic mass is 16.1. The smallest absolute Gasteiger partial charge is 0.228 e. The van der Waals surface area contributed by atoms with Crippen LogP contribution in [0.1, 0.15) is 18.6 Å². The first-order valence-corrected chi connectivity index (χ1v) is 4.92. The number of nitrogens with zero attached hydrogens (tertiary/aromatic N) is 1. The lowest BCUT2D eigenvalue weighted by Crippen LogP contribution is -2.30. The molecule has 15 heavy (non-hydrogen) atoms. The number of hydrogen-bond donors (Lipinski definition) is 0. The summed E-state index contributed by atoms with van der Waals surface area (Å²) in [6.07, 6.45) is 1.92. The number of fused-ring (bicyclic) bond motifs is 1. The molecule has 0 fully saturated rings. The summed E-state index contributed by atoms with van der Waals surface area (Å²) in [6, 6.07) is 7.82. The van der Waals surface area contributed by atoms with Gasteiger partial charge in [-0.2, -0.15) is 0 Å². The van der Waals surface area contributed by atoms with Crippen molar-refractivity contribution in [3.8, 4) is 0 Å². The summed E-state index contributed by atoms with van der Waals surface area (Å²) in [5.41, 5.74) is 0.933. The van der Waals surface area contributed by atoms with Crippen LogP contribution in [0.25, 0.3) is 23.6 Å². The van der Waals surface area contributed by atoms with E-state index in [4.69, 9.17) is 0 Å². The van der Waals surface area contributed by atoms with E-state index in [-0.39, 0.29) is 5.91 Å². The van der Waals surface area contributed by atoms with Gasteiger partial charge in [0, 0.05) is 17.5 Å². The molecular weight excluding hydrogens is 186 g/mol. The summed E-state index contributed by atoms with van der Waals surface area (Å²) in [7, 11) is 0. The van der Waals surface area contributed by atoms with Crippen LogP contribution in [-0.2, 0) is 0 Å². The lowest BCUT2D eigenvalue weighted by atomic mass is 10.2. The maximum Gasteiger partial charge on any atom is 0.228 e. The van der Waals surface area contributed by atoms with Crippen molar-refractivity contribution in [2.24, 2.45) is 0 Å². The maximum atomic E-state index is 11.6. The monoisotopic (exact) mass is 199 g/mol. The highest BCUT2D eigenvalue weighted by Crippen LogP contribution is 2.07. The molecule has 0 aliphatic carbocycles. The molecule has 0 N–H and O–H groups in total. The molecule has 0 radical (unpaired) electrons. The fraction of sp³-hybridized carbons (Fsp3) is 0.154. The lowest BCUT2D eigenvalue weighted by Gasteiger charge is -1.98. The van der Waals surface area contributed by atoms with Crippen molar-refractivity contribution in [3.05, 3.63) is 34.8 Å². The second-order valence-corrected chi connectivity index (χ2v) is 3.52. The average Bonchev–Trinajstić information content (AvgIpc) is 2.52. The van der Waals surface area contributed by atoms with Crippen LogP contribution < -0.4 is 10.6 Å². The summed E-state index contributed by atoms with van der Waals surface area (Å²) in [5, 5.41) is 2.85. The van der Waals surface area contributed by atoms with Crippen molar-refractivity contribution < 1.29 is 4.79 Å². The number of rotatable bonds is 0. The molecule has 1 aromatic heterocycles. The SMILES string of the molecule is C=c1/c(=C/C)n(C(C)=O)c2ccccc12. The van der Waals surface area contributed by atoms with E-state index in [0.717, 1.165) is 21.5 Å². The fourth-order valence-electron chi connectivity index (χ4n) is 1.97. The number of carbonyl (C=O) groups excluding carboxylic acids is 1. The molecule has 0 amide bonds. The van der Waals surface area contributed by atoms with Gasteiger partial charge in [0.2, 0.25) is 5.91 Å².